The minimum absolute atomic E-state index is 0.195. The standard InChI is InChI=1S/C15H13BrO3S/c1-9-8-10(6-7-11(9)16)19-12-4-3-5-13(20-2)14(12)15(17)18/h3-8H,1-2H3,(H,17,18). The average molecular weight is 353 g/mol. The summed E-state index contributed by atoms with van der Waals surface area (Å²) >= 11 is 4.81. The van der Waals surface area contributed by atoms with E-state index in [0.717, 1.165) is 10.0 Å². The van der Waals surface area contributed by atoms with Gasteiger partial charge in [0.2, 0.25) is 0 Å². The molecule has 0 fully saturated rings. The van der Waals surface area contributed by atoms with E-state index in [4.69, 9.17) is 4.74 Å². The first-order valence-corrected chi connectivity index (χ1v) is 7.89. The maximum Gasteiger partial charge on any atom is 0.340 e. The van der Waals surface area contributed by atoms with Gasteiger partial charge in [-0.2, -0.15) is 0 Å². The van der Waals surface area contributed by atoms with Gasteiger partial charge in [0, 0.05) is 9.37 Å². The lowest BCUT2D eigenvalue weighted by atomic mass is 10.2. The minimum Gasteiger partial charge on any atom is -0.478 e. The molecule has 3 nitrogen and oxygen atoms in total. The van der Waals surface area contributed by atoms with Crippen LogP contribution in [0.3, 0.4) is 0 Å². The van der Waals surface area contributed by atoms with Crippen molar-refractivity contribution in [2.45, 2.75) is 11.8 Å². The lowest BCUT2D eigenvalue weighted by Gasteiger charge is -2.12. The van der Waals surface area contributed by atoms with Crippen LogP contribution < -0.4 is 4.74 Å². The molecule has 0 saturated carbocycles. The van der Waals surface area contributed by atoms with Gasteiger partial charge in [-0.25, -0.2) is 4.79 Å². The highest BCUT2D eigenvalue weighted by molar-refractivity contribution is 9.10. The zero-order valence-electron chi connectivity index (χ0n) is 11.0. The van der Waals surface area contributed by atoms with Crippen molar-refractivity contribution in [3.63, 3.8) is 0 Å². The van der Waals surface area contributed by atoms with E-state index in [1.165, 1.54) is 11.8 Å². The Balaban J connectivity index is 2.42. The Hall–Kier alpha value is -1.46. The molecule has 0 radical (unpaired) electrons. The zero-order valence-corrected chi connectivity index (χ0v) is 13.4. The molecule has 0 spiro atoms. The number of aromatic carboxylic acids is 1. The van der Waals surface area contributed by atoms with Gasteiger partial charge in [-0.3, -0.25) is 0 Å². The van der Waals surface area contributed by atoms with Gasteiger partial charge in [0.1, 0.15) is 17.1 Å². The average Bonchev–Trinajstić information content (AvgIpc) is 2.42. The molecule has 0 atom stereocenters. The Kier molecular flexibility index (Phi) is 4.73. The van der Waals surface area contributed by atoms with Gasteiger partial charge >= 0.3 is 5.97 Å². The van der Waals surface area contributed by atoms with Crippen molar-refractivity contribution < 1.29 is 14.6 Å². The first kappa shape index (κ1) is 14.9. The normalized spacial score (nSPS) is 10.3. The van der Waals surface area contributed by atoms with E-state index in [9.17, 15) is 9.90 Å². The van der Waals surface area contributed by atoms with Crippen LogP contribution in [0.4, 0.5) is 0 Å². The number of carboxylic acids is 1. The van der Waals surface area contributed by atoms with E-state index >= 15 is 0 Å². The summed E-state index contributed by atoms with van der Waals surface area (Å²) < 4.78 is 6.72. The van der Waals surface area contributed by atoms with E-state index in [1.807, 2.05) is 25.3 Å². The first-order chi connectivity index (χ1) is 9.52. The van der Waals surface area contributed by atoms with Gasteiger partial charge in [-0.15, -0.1) is 11.8 Å². The van der Waals surface area contributed by atoms with Crippen LogP contribution in [0.5, 0.6) is 11.5 Å². The number of hydrogen-bond donors (Lipinski definition) is 1. The van der Waals surface area contributed by atoms with Crippen LogP contribution in [0.1, 0.15) is 15.9 Å². The van der Waals surface area contributed by atoms with E-state index in [0.29, 0.717) is 16.4 Å². The topological polar surface area (TPSA) is 46.5 Å². The van der Waals surface area contributed by atoms with Crippen LogP contribution in [-0.4, -0.2) is 17.3 Å². The number of ether oxygens (including phenoxy) is 1. The van der Waals surface area contributed by atoms with Crippen molar-refractivity contribution in [3.8, 4) is 11.5 Å². The van der Waals surface area contributed by atoms with Gasteiger partial charge in [0.25, 0.3) is 0 Å². The van der Waals surface area contributed by atoms with Gasteiger partial charge in [-0.05, 0) is 49.1 Å². The van der Waals surface area contributed by atoms with E-state index in [-0.39, 0.29) is 5.56 Å². The molecule has 2 aromatic rings. The maximum absolute atomic E-state index is 11.4. The highest BCUT2D eigenvalue weighted by Gasteiger charge is 2.16. The van der Waals surface area contributed by atoms with Gasteiger partial charge < -0.3 is 9.84 Å². The van der Waals surface area contributed by atoms with E-state index in [1.54, 1.807) is 24.3 Å². The lowest BCUT2D eigenvalue weighted by molar-refractivity contribution is 0.0690. The molecule has 0 amide bonds. The third-order valence-electron chi connectivity index (χ3n) is 2.78. The second-order valence-corrected chi connectivity index (χ2v) is 5.85. The molecule has 0 aliphatic rings. The summed E-state index contributed by atoms with van der Waals surface area (Å²) in [7, 11) is 0. The number of benzene rings is 2. The first-order valence-electron chi connectivity index (χ1n) is 5.87. The van der Waals surface area contributed by atoms with E-state index in [2.05, 4.69) is 15.9 Å². The Morgan fingerprint density at radius 1 is 1.30 bits per heavy atom. The second kappa shape index (κ2) is 6.33. The molecule has 20 heavy (non-hydrogen) atoms. The van der Waals surface area contributed by atoms with Crippen molar-refractivity contribution >= 4 is 33.7 Å². The quantitative estimate of drug-likeness (QED) is 0.789. The molecule has 104 valence electrons. The largest absolute Gasteiger partial charge is 0.478 e. The van der Waals surface area contributed by atoms with Crippen molar-refractivity contribution in [1.82, 2.24) is 0 Å². The fraction of sp³-hybridized carbons (Fsp3) is 0.133. The minimum atomic E-state index is -0.987. The van der Waals surface area contributed by atoms with Gasteiger partial charge in [-0.1, -0.05) is 22.0 Å². The SMILES string of the molecule is CSc1cccc(Oc2ccc(Br)c(C)c2)c1C(=O)O. The molecule has 0 heterocycles. The van der Waals surface area contributed by atoms with Crippen molar-refractivity contribution in [3.05, 3.63) is 52.0 Å². The van der Waals surface area contributed by atoms with Crippen LogP contribution in [0.25, 0.3) is 0 Å². The summed E-state index contributed by atoms with van der Waals surface area (Å²) in [6.45, 7) is 1.95. The summed E-state index contributed by atoms with van der Waals surface area (Å²) in [6, 6.07) is 10.8. The predicted octanol–water partition coefficient (Wildman–Crippen LogP) is 4.97. The van der Waals surface area contributed by atoms with Crippen LogP contribution in [0.2, 0.25) is 0 Å². The molecule has 5 heteroatoms. The number of carboxylic acid groups (broad SMARTS) is 1. The highest BCUT2D eigenvalue weighted by atomic mass is 79.9. The maximum atomic E-state index is 11.4. The summed E-state index contributed by atoms with van der Waals surface area (Å²) in [5.41, 5.74) is 1.22. The zero-order chi connectivity index (χ0) is 14.7. The van der Waals surface area contributed by atoms with Crippen LogP contribution >= 0.6 is 27.7 Å². The highest BCUT2D eigenvalue weighted by Crippen LogP contribution is 2.33. The number of carbonyl (C=O) groups is 1. The Morgan fingerprint density at radius 3 is 2.65 bits per heavy atom. The summed E-state index contributed by atoms with van der Waals surface area (Å²) in [4.78, 5) is 12.1. The fourth-order valence-corrected chi connectivity index (χ4v) is 2.64. The molecule has 0 unspecified atom stereocenters. The number of aryl methyl sites for hydroxylation is 1. The summed E-state index contributed by atoms with van der Waals surface area (Å²) in [6.07, 6.45) is 1.84. The van der Waals surface area contributed by atoms with E-state index < -0.39 is 5.97 Å². The number of hydrogen-bond acceptors (Lipinski definition) is 3. The van der Waals surface area contributed by atoms with Gasteiger partial charge in [0.05, 0.1) is 0 Å². The molecule has 1 N–H and O–H groups in total. The molecular weight excluding hydrogens is 340 g/mol. The van der Waals surface area contributed by atoms with Crippen LogP contribution in [-0.2, 0) is 0 Å². The molecular formula is C15H13BrO3S. The lowest BCUT2D eigenvalue weighted by Crippen LogP contribution is -2.02. The third kappa shape index (κ3) is 3.16. The molecule has 0 aliphatic carbocycles. The molecule has 2 rings (SSSR count). The molecule has 0 bridgehead atoms. The van der Waals surface area contributed by atoms with Crippen molar-refractivity contribution in [2.75, 3.05) is 6.26 Å². The number of rotatable bonds is 4. The predicted molar refractivity (Wildman–Crippen MR) is 84.1 cm³/mol. The van der Waals surface area contributed by atoms with Crippen molar-refractivity contribution in [1.29, 1.82) is 0 Å². The summed E-state index contributed by atoms with van der Waals surface area (Å²) in [5, 5.41) is 9.35. The van der Waals surface area contributed by atoms with Crippen LogP contribution in [0, 0.1) is 6.92 Å². The van der Waals surface area contributed by atoms with Crippen LogP contribution in [0.15, 0.2) is 45.8 Å². The number of thioether (sulfide) groups is 1. The Morgan fingerprint density at radius 2 is 2.05 bits per heavy atom. The summed E-state index contributed by atoms with van der Waals surface area (Å²) in [5.74, 6) is -0.0173. The van der Waals surface area contributed by atoms with Gasteiger partial charge in [0.15, 0.2) is 0 Å². The Labute approximate surface area is 130 Å². The Bertz CT molecular complexity index is 656. The molecule has 0 aliphatic heterocycles. The monoisotopic (exact) mass is 352 g/mol. The third-order valence-corrected chi connectivity index (χ3v) is 4.45. The van der Waals surface area contributed by atoms with Crippen molar-refractivity contribution in [2.24, 2.45) is 0 Å². The second-order valence-electron chi connectivity index (χ2n) is 4.15. The molecule has 0 saturated heterocycles. The fourth-order valence-electron chi connectivity index (χ4n) is 1.78. The molecule has 2 aromatic carbocycles. The molecule has 0 aromatic heterocycles. The smallest absolute Gasteiger partial charge is 0.340 e. The number of halogens is 1.